The molecule has 0 spiro atoms. The number of rotatable bonds is 3. The second-order valence-electron chi connectivity index (χ2n) is 1.84. The molecule has 8 heteroatoms. The van der Waals surface area contributed by atoms with E-state index in [4.69, 9.17) is 23.2 Å². The fourth-order valence-corrected chi connectivity index (χ4v) is 0.767. The summed E-state index contributed by atoms with van der Waals surface area (Å²) in [4.78, 5) is 31.8. The Hall–Kier alpha value is -0.226. The van der Waals surface area contributed by atoms with Crippen LogP contribution in [0, 0.1) is 0 Å². The quantitative estimate of drug-likeness (QED) is 0.315. The third kappa shape index (κ3) is 4.00. The van der Waals surface area contributed by atoms with Crippen LogP contribution in [0.25, 0.3) is 0 Å². The van der Waals surface area contributed by atoms with Crippen LogP contribution in [0.5, 0.6) is 0 Å². The number of hydrogen-bond donors (Lipinski definition) is 0. The van der Waals surface area contributed by atoms with Gasteiger partial charge in [-0.3, -0.25) is 0 Å². The third-order valence-electron chi connectivity index (χ3n) is 0.810. The van der Waals surface area contributed by atoms with Gasteiger partial charge in [0.2, 0.25) is 0 Å². The SMILES string of the molecule is CC(=O)OC(=O)C(=O)[C](Cl)(Cl)[V]=[O]. The number of halogens is 2. The van der Waals surface area contributed by atoms with Gasteiger partial charge >= 0.3 is 89.9 Å². The second kappa shape index (κ2) is 4.86. The van der Waals surface area contributed by atoms with Gasteiger partial charge in [-0.15, -0.1) is 0 Å². The number of ether oxygens (including phenoxy) is 1. The molecular formula is C5H3Cl2O5V. The summed E-state index contributed by atoms with van der Waals surface area (Å²) < 4.78 is 11.9. The first-order chi connectivity index (χ1) is 5.81. The summed E-state index contributed by atoms with van der Waals surface area (Å²) in [6.45, 7) is 0.931. The first-order valence-electron chi connectivity index (χ1n) is 2.80. The summed E-state index contributed by atoms with van der Waals surface area (Å²) in [6, 6.07) is 0. The van der Waals surface area contributed by atoms with Crippen LogP contribution < -0.4 is 0 Å². The van der Waals surface area contributed by atoms with Crippen molar-refractivity contribution >= 4 is 40.9 Å². The van der Waals surface area contributed by atoms with Crippen LogP contribution in [0.1, 0.15) is 6.92 Å². The van der Waals surface area contributed by atoms with Crippen molar-refractivity contribution in [1.82, 2.24) is 0 Å². The molecule has 13 heavy (non-hydrogen) atoms. The van der Waals surface area contributed by atoms with Crippen molar-refractivity contribution < 1.29 is 39.0 Å². The van der Waals surface area contributed by atoms with Crippen molar-refractivity contribution in [2.75, 3.05) is 0 Å². The molecule has 0 saturated carbocycles. The van der Waals surface area contributed by atoms with E-state index in [1.165, 1.54) is 0 Å². The molecule has 0 saturated heterocycles. The number of esters is 2. The van der Waals surface area contributed by atoms with Crippen LogP contribution in [0.3, 0.4) is 0 Å². The number of Topliss-reactive ketones (excluding diaryl/α,β-unsaturated/α-hetero) is 1. The van der Waals surface area contributed by atoms with Crippen molar-refractivity contribution in [1.29, 1.82) is 0 Å². The Kier molecular flexibility index (Phi) is 4.77. The van der Waals surface area contributed by atoms with Gasteiger partial charge in [-0.05, 0) is 0 Å². The molecule has 0 rings (SSSR count). The van der Waals surface area contributed by atoms with Gasteiger partial charge in [-0.2, -0.15) is 0 Å². The Labute approximate surface area is 90.0 Å². The van der Waals surface area contributed by atoms with E-state index in [1.807, 2.05) is 0 Å². The average Bonchev–Trinajstić information content (AvgIpc) is 2.01. The molecule has 0 aliphatic heterocycles. The molecule has 0 radical (unpaired) electrons. The Morgan fingerprint density at radius 3 is 2.08 bits per heavy atom. The van der Waals surface area contributed by atoms with E-state index in [2.05, 4.69) is 4.74 Å². The zero-order valence-electron chi connectivity index (χ0n) is 6.24. The van der Waals surface area contributed by atoms with Gasteiger partial charge < -0.3 is 0 Å². The summed E-state index contributed by atoms with van der Waals surface area (Å²) in [5.74, 6) is -3.88. The Balaban J connectivity index is 4.53. The molecule has 0 aliphatic carbocycles. The van der Waals surface area contributed by atoms with Crippen LogP contribution in [-0.2, 0) is 39.0 Å². The van der Waals surface area contributed by atoms with Crippen LogP contribution in [0.4, 0.5) is 0 Å². The normalized spacial score (nSPS) is 10.4. The summed E-state index contributed by atoms with van der Waals surface area (Å²) in [5, 5.41) is 0. The predicted octanol–water partition coefficient (Wildman–Crippen LogP) is 0.205. The zero-order chi connectivity index (χ0) is 10.6. The molecule has 0 aromatic carbocycles. The fourth-order valence-electron chi connectivity index (χ4n) is 0.341. The number of alkyl halides is 2. The van der Waals surface area contributed by atoms with E-state index in [0.29, 0.717) is 0 Å². The van der Waals surface area contributed by atoms with E-state index in [0.717, 1.165) is 6.92 Å². The summed E-state index contributed by atoms with van der Waals surface area (Å²) >= 11 is 8.38. The maximum atomic E-state index is 10.9. The van der Waals surface area contributed by atoms with Crippen molar-refractivity contribution in [2.45, 2.75) is 9.97 Å². The van der Waals surface area contributed by atoms with Gasteiger partial charge in [0.1, 0.15) is 0 Å². The number of carbonyl (C=O) groups is 3. The summed E-state index contributed by atoms with van der Waals surface area (Å²) in [7, 11) is 0. The third-order valence-corrected chi connectivity index (χ3v) is 2.40. The molecule has 0 amide bonds. The van der Waals surface area contributed by atoms with Crippen LogP contribution in [0.15, 0.2) is 0 Å². The topological polar surface area (TPSA) is 77.5 Å². The predicted molar refractivity (Wildman–Crippen MR) is 36.9 cm³/mol. The molecule has 0 heterocycles. The standard InChI is InChI=1S/C5H3Cl2O4.O.V/c1-2(8)11-5(10)3(9)4(6)7;;/h1H3;;. The van der Waals surface area contributed by atoms with Crippen molar-refractivity contribution in [3.05, 3.63) is 0 Å². The van der Waals surface area contributed by atoms with E-state index in [9.17, 15) is 18.1 Å². The van der Waals surface area contributed by atoms with Crippen molar-refractivity contribution in [3.8, 4) is 0 Å². The van der Waals surface area contributed by atoms with Crippen LogP contribution in [-0.4, -0.2) is 20.8 Å². The number of ketones is 1. The van der Waals surface area contributed by atoms with Gasteiger partial charge in [-0.1, -0.05) is 0 Å². The van der Waals surface area contributed by atoms with E-state index in [1.54, 1.807) is 0 Å². The number of hydrogen-bond acceptors (Lipinski definition) is 5. The first-order valence-corrected chi connectivity index (χ1v) is 4.83. The van der Waals surface area contributed by atoms with Gasteiger partial charge in [0, 0.05) is 0 Å². The zero-order valence-corrected chi connectivity index (χ0v) is 9.15. The van der Waals surface area contributed by atoms with Gasteiger partial charge in [-0.25, -0.2) is 0 Å². The Bertz CT molecular complexity index is 274. The molecule has 0 unspecified atom stereocenters. The Morgan fingerprint density at radius 1 is 1.31 bits per heavy atom. The maximum absolute atomic E-state index is 10.9. The molecule has 0 N–H and O–H groups in total. The molecular weight excluding hydrogens is 262 g/mol. The van der Waals surface area contributed by atoms with E-state index >= 15 is 0 Å². The molecule has 0 aromatic rings. The Morgan fingerprint density at radius 2 is 1.77 bits per heavy atom. The molecule has 0 atom stereocenters. The van der Waals surface area contributed by atoms with Crippen molar-refractivity contribution in [2.24, 2.45) is 0 Å². The summed E-state index contributed by atoms with van der Waals surface area (Å²) in [6.07, 6.45) is 0. The minimum atomic E-state index is -2.27. The molecule has 0 bridgehead atoms. The van der Waals surface area contributed by atoms with Crippen molar-refractivity contribution in [3.63, 3.8) is 0 Å². The average molecular weight is 265 g/mol. The molecule has 0 fully saturated rings. The minimum absolute atomic E-state index is 0.931. The van der Waals surface area contributed by atoms with Crippen LogP contribution >= 0.6 is 23.2 Å². The van der Waals surface area contributed by atoms with Gasteiger partial charge in [0.25, 0.3) is 0 Å². The van der Waals surface area contributed by atoms with Gasteiger partial charge in [0.05, 0.1) is 0 Å². The van der Waals surface area contributed by atoms with Crippen LogP contribution in [0.2, 0.25) is 0 Å². The monoisotopic (exact) mass is 264 g/mol. The fraction of sp³-hybridized carbons (Fsp3) is 0.400. The van der Waals surface area contributed by atoms with E-state index < -0.39 is 37.0 Å². The second-order valence-corrected chi connectivity index (χ2v) is 5.35. The first kappa shape index (κ1) is 12.8. The number of carbonyl (C=O) groups excluding carboxylic acids is 3. The molecule has 5 nitrogen and oxygen atoms in total. The molecule has 0 aromatic heterocycles. The molecule has 0 aliphatic rings. The summed E-state index contributed by atoms with van der Waals surface area (Å²) in [5.41, 5.74) is 0. The van der Waals surface area contributed by atoms with Gasteiger partial charge in [0.15, 0.2) is 0 Å². The van der Waals surface area contributed by atoms with E-state index in [-0.39, 0.29) is 0 Å². The molecule has 72 valence electrons.